The Kier molecular flexibility index (Phi) is 5.91. The van der Waals surface area contributed by atoms with Gasteiger partial charge in [-0.15, -0.1) is 22.6 Å². The van der Waals surface area contributed by atoms with Gasteiger partial charge in [0.25, 0.3) is 0 Å². The molecule has 4 atom stereocenters. The van der Waals surface area contributed by atoms with Gasteiger partial charge in [0.2, 0.25) is 5.82 Å². The van der Waals surface area contributed by atoms with Crippen molar-refractivity contribution in [1.29, 1.82) is 0 Å². The zero-order valence-corrected chi connectivity index (χ0v) is 15.3. The van der Waals surface area contributed by atoms with E-state index in [4.69, 9.17) is 4.74 Å². The first-order valence-corrected chi connectivity index (χ1v) is 8.76. The molecule has 3 N–H and O–H groups in total. The Morgan fingerprint density at radius 1 is 1.26 bits per heavy atom. The molecule has 146 valence electrons. The molecule has 2 aromatic rings. The van der Waals surface area contributed by atoms with Crippen LogP contribution in [0.15, 0.2) is 18.2 Å². The number of fused-ring (bicyclic) bond motifs is 1. The van der Waals surface area contributed by atoms with Crippen LogP contribution in [0.25, 0.3) is 11.4 Å². The van der Waals surface area contributed by atoms with E-state index in [1.165, 1.54) is 12.1 Å². The van der Waals surface area contributed by atoms with E-state index in [1.54, 1.807) is 6.07 Å². The minimum Gasteiger partial charge on any atom is -0.490 e. The first-order chi connectivity index (χ1) is 12.6. The van der Waals surface area contributed by atoms with Crippen molar-refractivity contribution in [3.8, 4) is 17.1 Å². The van der Waals surface area contributed by atoms with Gasteiger partial charge < -0.3 is 15.2 Å². The third-order valence-electron chi connectivity index (χ3n) is 5.38. The fourth-order valence-electron chi connectivity index (χ4n) is 4.05. The van der Waals surface area contributed by atoms with Crippen LogP contribution in [0.1, 0.15) is 25.7 Å². The maximum Gasteiger partial charge on any atom is 0.320 e. The van der Waals surface area contributed by atoms with E-state index in [2.05, 4.69) is 25.9 Å². The number of ether oxygens (including phenoxy) is 1. The predicted molar refractivity (Wildman–Crippen MR) is 96.1 cm³/mol. The highest BCUT2D eigenvalue weighted by Gasteiger charge is 2.38. The minimum absolute atomic E-state index is 0. The molecule has 2 fully saturated rings. The van der Waals surface area contributed by atoms with Gasteiger partial charge >= 0.3 is 5.97 Å². The van der Waals surface area contributed by atoms with Gasteiger partial charge in [-0.25, -0.2) is 4.39 Å². The summed E-state index contributed by atoms with van der Waals surface area (Å²) in [6.45, 7) is 0.735. The topological polar surface area (TPSA) is 113 Å². The summed E-state index contributed by atoms with van der Waals surface area (Å²) in [5.74, 6) is 0.384. The van der Waals surface area contributed by atoms with Crippen molar-refractivity contribution >= 4 is 18.4 Å². The highest BCUT2D eigenvalue weighted by Crippen LogP contribution is 2.38. The van der Waals surface area contributed by atoms with Crippen LogP contribution in [-0.2, 0) is 4.79 Å². The second-order valence-electron chi connectivity index (χ2n) is 6.98. The number of H-pyrrole nitrogens is 1. The fraction of sp³-hybridized carbons (Fsp3) is 0.529. The van der Waals surface area contributed by atoms with Gasteiger partial charge in [0.15, 0.2) is 0 Å². The monoisotopic (exact) mass is 397 g/mol. The molecule has 0 unspecified atom stereocenters. The average Bonchev–Trinajstić information content (AvgIpc) is 3.17. The number of rotatable bonds is 4. The minimum atomic E-state index is -0.801. The van der Waals surface area contributed by atoms with E-state index < -0.39 is 17.8 Å². The van der Waals surface area contributed by atoms with Gasteiger partial charge in [-0.1, -0.05) is 0 Å². The van der Waals surface area contributed by atoms with E-state index in [0.717, 1.165) is 25.8 Å². The van der Waals surface area contributed by atoms with E-state index in [9.17, 15) is 14.3 Å². The van der Waals surface area contributed by atoms with Gasteiger partial charge in [-0.05, 0) is 67.5 Å². The van der Waals surface area contributed by atoms with Crippen LogP contribution in [0.2, 0.25) is 0 Å². The normalized spacial score (nSPS) is 27.3. The Morgan fingerprint density at radius 3 is 2.85 bits per heavy atom. The molecule has 0 amide bonds. The van der Waals surface area contributed by atoms with Crippen molar-refractivity contribution in [3.63, 3.8) is 0 Å². The number of aromatic nitrogens is 4. The second-order valence-corrected chi connectivity index (χ2v) is 6.98. The Morgan fingerprint density at radius 2 is 2.11 bits per heavy atom. The number of carboxylic acid groups (broad SMARTS) is 1. The second kappa shape index (κ2) is 8.18. The molecule has 1 saturated carbocycles. The summed E-state index contributed by atoms with van der Waals surface area (Å²) in [6.07, 6.45) is 3.22. The Bertz CT molecular complexity index is 791. The number of carbonyl (C=O) groups is 1. The third kappa shape index (κ3) is 4.19. The molecule has 10 heteroatoms. The summed E-state index contributed by atoms with van der Waals surface area (Å²) in [5.41, 5.74) is 0.453. The maximum absolute atomic E-state index is 13.7. The lowest BCUT2D eigenvalue weighted by molar-refractivity contribution is -0.141. The van der Waals surface area contributed by atoms with Gasteiger partial charge in [0.05, 0.1) is 11.7 Å². The van der Waals surface area contributed by atoms with Gasteiger partial charge in [0.1, 0.15) is 17.6 Å². The zero-order valence-electron chi connectivity index (χ0n) is 14.5. The summed E-state index contributed by atoms with van der Waals surface area (Å²) in [4.78, 5) is 11.3. The lowest BCUT2D eigenvalue weighted by Crippen LogP contribution is -2.50. The number of carboxylic acids is 1. The van der Waals surface area contributed by atoms with Crippen molar-refractivity contribution < 1.29 is 19.0 Å². The number of aliphatic carboxylic acids is 1. The Hall–Kier alpha value is -2.26. The third-order valence-corrected chi connectivity index (χ3v) is 5.38. The number of nitrogens with zero attached hydrogens (tertiary/aromatic N) is 3. The molecule has 0 radical (unpaired) electrons. The summed E-state index contributed by atoms with van der Waals surface area (Å²) in [7, 11) is 0. The molecule has 1 saturated heterocycles. The molecule has 2 aliphatic rings. The van der Waals surface area contributed by atoms with Gasteiger partial charge in [-0.2, -0.15) is 5.21 Å². The first kappa shape index (κ1) is 19.5. The summed E-state index contributed by atoms with van der Waals surface area (Å²) < 4.78 is 19.8. The van der Waals surface area contributed by atoms with E-state index >= 15 is 0 Å². The molecule has 2 heterocycles. The molecular weight excluding hydrogens is 377 g/mol. The summed E-state index contributed by atoms with van der Waals surface area (Å²) >= 11 is 0. The SMILES string of the molecule is Cl.O=C(O)[C@@H]1C[C@H]2C[C@@H](Oc3ccc(F)cc3-c3nn[nH]n3)CC[C@H]2CN1. The fourth-order valence-corrected chi connectivity index (χ4v) is 4.05. The highest BCUT2D eigenvalue weighted by atomic mass is 35.5. The molecule has 1 aliphatic carbocycles. The molecule has 27 heavy (non-hydrogen) atoms. The number of hydrogen-bond donors (Lipinski definition) is 3. The average molecular weight is 398 g/mol. The van der Waals surface area contributed by atoms with Crippen molar-refractivity contribution in [1.82, 2.24) is 25.9 Å². The first-order valence-electron chi connectivity index (χ1n) is 8.76. The van der Waals surface area contributed by atoms with Crippen LogP contribution in [0, 0.1) is 17.7 Å². The number of aromatic amines is 1. The highest BCUT2D eigenvalue weighted by molar-refractivity contribution is 5.85. The van der Waals surface area contributed by atoms with Crippen LogP contribution in [0.3, 0.4) is 0 Å². The smallest absolute Gasteiger partial charge is 0.320 e. The van der Waals surface area contributed by atoms with Crippen molar-refractivity contribution in [2.45, 2.75) is 37.8 Å². The van der Waals surface area contributed by atoms with Crippen molar-refractivity contribution in [2.75, 3.05) is 6.54 Å². The number of piperidine rings is 1. The number of tetrazole rings is 1. The summed E-state index contributed by atoms with van der Waals surface area (Å²) in [5, 5.41) is 26.0. The molecule has 1 aromatic heterocycles. The molecule has 0 spiro atoms. The summed E-state index contributed by atoms with van der Waals surface area (Å²) in [6, 6.07) is 3.76. The van der Waals surface area contributed by atoms with E-state index in [-0.39, 0.29) is 24.3 Å². The van der Waals surface area contributed by atoms with Crippen LogP contribution < -0.4 is 10.1 Å². The standard InChI is InChI=1S/C17H20FN5O3.ClH/c18-11-2-4-15(13(7-11)16-20-22-23-21-16)26-12-3-1-9-8-19-14(17(24)25)6-10(9)5-12;/h2,4,7,9-10,12,14,19H,1,3,5-6,8H2,(H,24,25)(H,20,21,22,23);1H/t9-,10+,12-,14-;/m0./s1. The zero-order chi connectivity index (χ0) is 18.1. The van der Waals surface area contributed by atoms with Crippen LogP contribution >= 0.6 is 12.4 Å². The van der Waals surface area contributed by atoms with Crippen molar-refractivity contribution in [3.05, 3.63) is 24.0 Å². The van der Waals surface area contributed by atoms with Gasteiger partial charge in [0, 0.05) is 0 Å². The number of benzene rings is 1. The molecule has 4 rings (SSSR count). The number of nitrogens with one attached hydrogen (secondary N) is 2. The molecule has 1 aromatic carbocycles. The van der Waals surface area contributed by atoms with E-state index in [0.29, 0.717) is 29.6 Å². The molecule has 1 aliphatic heterocycles. The van der Waals surface area contributed by atoms with E-state index in [1.807, 2.05) is 0 Å². The van der Waals surface area contributed by atoms with Crippen molar-refractivity contribution in [2.24, 2.45) is 11.8 Å². The maximum atomic E-state index is 13.7. The lowest BCUT2D eigenvalue weighted by Gasteiger charge is -2.41. The lowest BCUT2D eigenvalue weighted by atomic mass is 9.72. The Balaban J connectivity index is 0.00000210. The Labute approximate surface area is 161 Å². The quantitative estimate of drug-likeness (QED) is 0.723. The largest absolute Gasteiger partial charge is 0.490 e. The van der Waals surface area contributed by atoms with Crippen LogP contribution in [-0.4, -0.2) is 50.4 Å². The van der Waals surface area contributed by atoms with Crippen LogP contribution in [0.5, 0.6) is 5.75 Å². The number of halogens is 2. The van der Waals surface area contributed by atoms with Crippen LogP contribution in [0.4, 0.5) is 4.39 Å². The number of hydrogen-bond acceptors (Lipinski definition) is 6. The van der Waals surface area contributed by atoms with Gasteiger partial charge in [-0.3, -0.25) is 4.79 Å². The predicted octanol–water partition coefficient (Wildman–Crippen LogP) is 2.04. The molecule has 0 bridgehead atoms. The molecule has 8 nitrogen and oxygen atoms in total. The molecular formula is C17H21ClFN5O3.